The van der Waals surface area contributed by atoms with Gasteiger partial charge >= 0.3 is 5.97 Å². The summed E-state index contributed by atoms with van der Waals surface area (Å²) in [6.07, 6.45) is 7.87. The molecule has 0 radical (unpaired) electrons. The lowest BCUT2D eigenvalue weighted by Crippen LogP contribution is -2.30. The molecule has 0 heterocycles. The van der Waals surface area contributed by atoms with E-state index in [0.29, 0.717) is 12.8 Å². The van der Waals surface area contributed by atoms with Gasteiger partial charge in [0.25, 0.3) is 0 Å². The van der Waals surface area contributed by atoms with Crippen LogP contribution in [0.4, 0.5) is 0 Å². The summed E-state index contributed by atoms with van der Waals surface area (Å²) in [5.41, 5.74) is 2.60. The average molecular weight is 396 g/mol. The number of ether oxygens (including phenoxy) is 1. The molecule has 0 saturated carbocycles. The van der Waals surface area contributed by atoms with Crippen LogP contribution in [0.15, 0.2) is 22.7 Å². The number of nitrogens with one attached hydrogen (secondary N) is 1. The van der Waals surface area contributed by atoms with Crippen LogP contribution < -0.4 is 5.32 Å². The molecule has 2 rings (SSSR count). The lowest BCUT2D eigenvalue weighted by atomic mass is 9.87. The monoisotopic (exact) mass is 395 g/mol. The van der Waals surface area contributed by atoms with Crippen molar-refractivity contribution in [3.05, 3.63) is 33.8 Å². The number of benzene rings is 1. The third-order valence-corrected chi connectivity index (χ3v) is 5.01. The lowest BCUT2D eigenvalue weighted by Gasteiger charge is -2.26. The second kappa shape index (κ2) is 9.82. The molecule has 1 amide bonds. The molecular formula is C19H26BrNO3. The Morgan fingerprint density at radius 3 is 2.71 bits per heavy atom. The van der Waals surface area contributed by atoms with Crippen molar-refractivity contribution in [1.82, 2.24) is 5.32 Å². The predicted molar refractivity (Wildman–Crippen MR) is 97.7 cm³/mol. The smallest absolute Gasteiger partial charge is 0.305 e. The van der Waals surface area contributed by atoms with Crippen molar-refractivity contribution < 1.29 is 14.3 Å². The fourth-order valence-corrected chi connectivity index (χ4v) is 3.62. The summed E-state index contributed by atoms with van der Waals surface area (Å²) in [7, 11) is 1.41. The van der Waals surface area contributed by atoms with Crippen LogP contribution in [-0.2, 0) is 20.7 Å². The number of amides is 1. The number of carbonyl (C=O) groups is 2. The van der Waals surface area contributed by atoms with Gasteiger partial charge in [-0.25, -0.2) is 0 Å². The van der Waals surface area contributed by atoms with Crippen molar-refractivity contribution in [3.63, 3.8) is 0 Å². The zero-order valence-electron chi connectivity index (χ0n) is 14.3. The maximum absolute atomic E-state index is 12.2. The first-order chi connectivity index (χ1) is 11.6. The Morgan fingerprint density at radius 2 is 1.96 bits per heavy atom. The van der Waals surface area contributed by atoms with Crippen molar-refractivity contribution >= 4 is 27.8 Å². The van der Waals surface area contributed by atoms with Crippen LogP contribution in [0.1, 0.15) is 68.5 Å². The molecule has 1 unspecified atom stereocenters. The SMILES string of the molecule is COC(=O)CCCCCCC(=O)NC1CCCc2cc(Br)ccc21. The minimum atomic E-state index is -0.157. The average Bonchev–Trinajstić information content (AvgIpc) is 2.57. The molecule has 0 spiro atoms. The first-order valence-electron chi connectivity index (χ1n) is 8.74. The third-order valence-electron chi connectivity index (χ3n) is 4.52. The molecule has 1 aromatic carbocycles. The van der Waals surface area contributed by atoms with Gasteiger partial charge in [-0.05, 0) is 55.4 Å². The number of aryl methyl sites for hydroxylation is 1. The number of unbranched alkanes of at least 4 members (excludes halogenated alkanes) is 3. The molecule has 0 saturated heterocycles. The fraction of sp³-hybridized carbons (Fsp3) is 0.579. The van der Waals surface area contributed by atoms with Gasteiger partial charge in [0.05, 0.1) is 13.2 Å². The molecule has 1 aromatic rings. The Hall–Kier alpha value is -1.36. The highest BCUT2D eigenvalue weighted by molar-refractivity contribution is 9.10. The van der Waals surface area contributed by atoms with Gasteiger partial charge in [-0.1, -0.05) is 34.8 Å². The van der Waals surface area contributed by atoms with Crippen LogP contribution in [0.5, 0.6) is 0 Å². The normalized spacial score (nSPS) is 16.3. The van der Waals surface area contributed by atoms with Crippen molar-refractivity contribution in [3.8, 4) is 0 Å². The Balaban J connectivity index is 1.69. The highest BCUT2D eigenvalue weighted by Crippen LogP contribution is 2.31. The second-order valence-corrected chi connectivity index (χ2v) is 7.26. The van der Waals surface area contributed by atoms with Crippen LogP contribution in [0.25, 0.3) is 0 Å². The number of halogens is 1. The number of methoxy groups -OCH3 is 1. The molecular weight excluding hydrogens is 370 g/mol. The van der Waals surface area contributed by atoms with Crippen molar-refractivity contribution in [1.29, 1.82) is 0 Å². The minimum Gasteiger partial charge on any atom is -0.469 e. The molecule has 24 heavy (non-hydrogen) atoms. The number of esters is 1. The molecule has 5 heteroatoms. The molecule has 1 atom stereocenters. The van der Waals surface area contributed by atoms with E-state index < -0.39 is 0 Å². The Labute approximate surface area is 152 Å². The van der Waals surface area contributed by atoms with E-state index >= 15 is 0 Å². The molecule has 1 aliphatic rings. The van der Waals surface area contributed by atoms with E-state index in [2.05, 4.69) is 38.1 Å². The van der Waals surface area contributed by atoms with Gasteiger partial charge in [0.1, 0.15) is 0 Å². The van der Waals surface area contributed by atoms with Crippen molar-refractivity contribution in [2.24, 2.45) is 0 Å². The van der Waals surface area contributed by atoms with Gasteiger partial charge in [0.15, 0.2) is 0 Å². The van der Waals surface area contributed by atoms with Crippen LogP contribution in [-0.4, -0.2) is 19.0 Å². The van der Waals surface area contributed by atoms with E-state index in [-0.39, 0.29) is 17.9 Å². The first-order valence-corrected chi connectivity index (χ1v) is 9.54. The molecule has 0 aliphatic heterocycles. The molecule has 4 nitrogen and oxygen atoms in total. The number of rotatable bonds is 8. The molecule has 0 fully saturated rings. The predicted octanol–water partition coefficient (Wildman–Crippen LogP) is 4.46. The highest BCUT2D eigenvalue weighted by atomic mass is 79.9. The number of hydrogen-bond donors (Lipinski definition) is 1. The Kier molecular flexibility index (Phi) is 7.76. The second-order valence-electron chi connectivity index (χ2n) is 6.35. The van der Waals surface area contributed by atoms with E-state index in [9.17, 15) is 9.59 Å². The van der Waals surface area contributed by atoms with E-state index in [1.54, 1.807) is 0 Å². The Bertz CT molecular complexity index is 574. The van der Waals surface area contributed by atoms with Gasteiger partial charge in [0, 0.05) is 17.3 Å². The summed E-state index contributed by atoms with van der Waals surface area (Å²) in [5.74, 6) is -0.0286. The lowest BCUT2D eigenvalue weighted by molar-refractivity contribution is -0.140. The summed E-state index contributed by atoms with van der Waals surface area (Å²) >= 11 is 3.51. The van der Waals surface area contributed by atoms with Crippen LogP contribution >= 0.6 is 15.9 Å². The zero-order chi connectivity index (χ0) is 17.4. The van der Waals surface area contributed by atoms with Gasteiger partial charge in [0.2, 0.25) is 5.91 Å². The maximum atomic E-state index is 12.2. The molecule has 0 aromatic heterocycles. The van der Waals surface area contributed by atoms with Gasteiger partial charge in [-0.15, -0.1) is 0 Å². The molecule has 1 N–H and O–H groups in total. The first kappa shape index (κ1) is 19.0. The van der Waals surface area contributed by atoms with Crippen LogP contribution in [0, 0.1) is 0 Å². The van der Waals surface area contributed by atoms with Gasteiger partial charge in [-0.2, -0.15) is 0 Å². The van der Waals surface area contributed by atoms with Crippen LogP contribution in [0.3, 0.4) is 0 Å². The quantitative estimate of drug-likeness (QED) is 0.522. The summed E-state index contributed by atoms with van der Waals surface area (Å²) in [5, 5.41) is 3.18. The molecule has 132 valence electrons. The number of fused-ring (bicyclic) bond motifs is 1. The fourth-order valence-electron chi connectivity index (χ4n) is 3.21. The minimum absolute atomic E-state index is 0.128. The molecule has 0 bridgehead atoms. The molecule has 1 aliphatic carbocycles. The summed E-state index contributed by atoms with van der Waals surface area (Å²) in [6, 6.07) is 6.48. The summed E-state index contributed by atoms with van der Waals surface area (Å²) < 4.78 is 5.71. The van der Waals surface area contributed by atoms with Gasteiger partial charge in [-0.3, -0.25) is 9.59 Å². The van der Waals surface area contributed by atoms with Crippen molar-refractivity contribution in [2.45, 2.75) is 63.8 Å². The van der Waals surface area contributed by atoms with Gasteiger partial charge < -0.3 is 10.1 Å². The highest BCUT2D eigenvalue weighted by Gasteiger charge is 2.21. The standard InChI is InChI=1S/C19H26BrNO3/c1-24-19(23)10-5-3-2-4-9-18(22)21-17-8-6-7-14-13-15(20)11-12-16(14)17/h11-13,17H,2-10H2,1H3,(H,21,22). The zero-order valence-corrected chi connectivity index (χ0v) is 15.9. The maximum Gasteiger partial charge on any atom is 0.305 e. The third kappa shape index (κ3) is 5.93. The topological polar surface area (TPSA) is 55.4 Å². The van der Waals surface area contributed by atoms with E-state index in [4.69, 9.17) is 0 Å². The van der Waals surface area contributed by atoms with E-state index in [1.165, 1.54) is 18.2 Å². The largest absolute Gasteiger partial charge is 0.469 e. The van der Waals surface area contributed by atoms with Crippen molar-refractivity contribution in [2.75, 3.05) is 7.11 Å². The number of hydrogen-bond acceptors (Lipinski definition) is 3. The van der Waals surface area contributed by atoms with E-state index in [1.807, 2.05) is 6.07 Å². The number of carbonyl (C=O) groups excluding carboxylic acids is 2. The summed E-state index contributed by atoms with van der Waals surface area (Å²) in [4.78, 5) is 23.2. The summed E-state index contributed by atoms with van der Waals surface area (Å²) in [6.45, 7) is 0. The van der Waals surface area contributed by atoms with Crippen LogP contribution in [0.2, 0.25) is 0 Å². The Morgan fingerprint density at radius 1 is 1.21 bits per heavy atom. The van der Waals surface area contributed by atoms with E-state index in [0.717, 1.165) is 49.4 Å².